The van der Waals surface area contributed by atoms with Crippen molar-refractivity contribution in [3.8, 4) is 0 Å². The number of rotatable bonds is 3. The fraction of sp³-hybridized carbons (Fsp3) is 0.250. The standard InChI is InChI=1S/C8H9BrN2O2/c1-11(5-8(12)13)7-4-6(9)2-3-10-7/h2-4H,5H2,1H3,(H,12,13). The summed E-state index contributed by atoms with van der Waals surface area (Å²) in [6, 6.07) is 3.56. The molecule has 5 heteroatoms. The van der Waals surface area contributed by atoms with Crippen LogP contribution in [0, 0.1) is 0 Å². The monoisotopic (exact) mass is 244 g/mol. The summed E-state index contributed by atoms with van der Waals surface area (Å²) in [7, 11) is 1.68. The van der Waals surface area contributed by atoms with Crippen molar-refractivity contribution in [3.63, 3.8) is 0 Å². The number of hydrogen-bond donors (Lipinski definition) is 1. The van der Waals surface area contributed by atoms with Gasteiger partial charge in [0.25, 0.3) is 0 Å². The van der Waals surface area contributed by atoms with Crippen LogP contribution in [0.5, 0.6) is 0 Å². The zero-order valence-electron chi connectivity index (χ0n) is 7.07. The summed E-state index contributed by atoms with van der Waals surface area (Å²) >= 11 is 3.28. The molecule has 0 saturated heterocycles. The molecule has 0 saturated carbocycles. The largest absolute Gasteiger partial charge is 0.480 e. The van der Waals surface area contributed by atoms with Gasteiger partial charge in [0, 0.05) is 17.7 Å². The van der Waals surface area contributed by atoms with Gasteiger partial charge >= 0.3 is 5.97 Å². The highest BCUT2D eigenvalue weighted by atomic mass is 79.9. The van der Waals surface area contributed by atoms with Crippen molar-refractivity contribution >= 4 is 27.7 Å². The smallest absolute Gasteiger partial charge is 0.323 e. The first-order chi connectivity index (χ1) is 6.09. The lowest BCUT2D eigenvalue weighted by atomic mass is 10.4. The molecule has 4 nitrogen and oxygen atoms in total. The zero-order chi connectivity index (χ0) is 9.84. The minimum absolute atomic E-state index is 0.0521. The lowest BCUT2D eigenvalue weighted by Crippen LogP contribution is -2.25. The fourth-order valence-electron chi connectivity index (χ4n) is 0.886. The number of carboxylic acid groups (broad SMARTS) is 1. The highest BCUT2D eigenvalue weighted by molar-refractivity contribution is 9.10. The van der Waals surface area contributed by atoms with E-state index in [-0.39, 0.29) is 6.54 Å². The van der Waals surface area contributed by atoms with E-state index in [0.29, 0.717) is 5.82 Å². The number of pyridine rings is 1. The quantitative estimate of drug-likeness (QED) is 0.873. The summed E-state index contributed by atoms with van der Waals surface area (Å²) < 4.78 is 0.884. The second-order valence-electron chi connectivity index (χ2n) is 2.58. The molecule has 0 aliphatic heterocycles. The minimum Gasteiger partial charge on any atom is -0.480 e. The average Bonchev–Trinajstić information content (AvgIpc) is 2.03. The van der Waals surface area contributed by atoms with Gasteiger partial charge in [-0.2, -0.15) is 0 Å². The molecule has 0 bridgehead atoms. The number of halogens is 1. The van der Waals surface area contributed by atoms with Crippen molar-refractivity contribution in [1.82, 2.24) is 4.98 Å². The third-order valence-electron chi connectivity index (χ3n) is 1.47. The van der Waals surface area contributed by atoms with E-state index in [1.807, 2.05) is 0 Å². The number of nitrogens with zero attached hydrogens (tertiary/aromatic N) is 2. The molecule has 0 radical (unpaired) electrons. The molecular formula is C8H9BrN2O2. The molecular weight excluding hydrogens is 236 g/mol. The van der Waals surface area contributed by atoms with Crippen molar-refractivity contribution in [2.45, 2.75) is 0 Å². The van der Waals surface area contributed by atoms with E-state index in [2.05, 4.69) is 20.9 Å². The average molecular weight is 245 g/mol. The predicted octanol–water partition coefficient (Wildman–Crippen LogP) is 1.36. The number of carbonyl (C=O) groups is 1. The molecule has 13 heavy (non-hydrogen) atoms. The van der Waals surface area contributed by atoms with Crippen LogP contribution in [-0.4, -0.2) is 29.7 Å². The van der Waals surface area contributed by atoms with E-state index in [1.165, 1.54) is 0 Å². The van der Waals surface area contributed by atoms with Crippen LogP contribution in [0.3, 0.4) is 0 Å². The maximum absolute atomic E-state index is 10.4. The van der Waals surface area contributed by atoms with Crippen LogP contribution >= 0.6 is 15.9 Å². The van der Waals surface area contributed by atoms with Gasteiger partial charge in [0.1, 0.15) is 12.4 Å². The highest BCUT2D eigenvalue weighted by Crippen LogP contribution is 2.15. The lowest BCUT2D eigenvalue weighted by Gasteiger charge is -2.14. The summed E-state index contributed by atoms with van der Waals surface area (Å²) in [6.45, 7) is -0.0521. The summed E-state index contributed by atoms with van der Waals surface area (Å²) in [6.07, 6.45) is 1.62. The second-order valence-corrected chi connectivity index (χ2v) is 3.50. The van der Waals surface area contributed by atoms with Crippen molar-refractivity contribution in [1.29, 1.82) is 0 Å². The topological polar surface area (TPSA) is 53.4 Å². The van der Waals surface area contributed by atoms with Crippen LogP contribution in [-0.2, 0) is 4.79 Å². The molecule has 1 heterocycles. The predicted molar refractivity (Wildman–Crippen MR) is 52.8 cm³/mol. The van der Waals surface area contributed by atoms with Gasteiger partial charge in [-0.05, 0) is 12.1 Å². The Bertz CT molecular complexity index is 317. The number of aliphatic carboxylic acids is 1. The molecule has 1 N–H and O–H groups in total. The summed E-state index contributed by atoms with van der Waals surface area (Å²) in [4.78, 5) is 16.0. The first-order valence-electron chi connectivity index (χ1n) is 3.64. The number of likely N-dealkylation sites (N-methyl/N-ethyl adjacent to an activating group) is 1. The molecule has 0 aliphatic rings. The zero-order valence-corrected chi connectivity index (χ0v) is 8.65. The lowest BCUT2D eigenvalue weighted by molar-refractivity contribution is -0.135. The van der Waals surface area contributed by atoms with E-state index in [0.717, 1.165) is 4.47 Å². The third kappa shape index (κ3) is 3.02. The Labute approximate surface area is 84.3 Å². The normalized spacial score (nSPS) is 9.69. The van der Waals surface area contributed by atoms with Gasteiger partial charge in [-0.1, -0.05) is 15.9 Å². The van der Waals surface area contributed by atoms with Crippen LogP contribution in [0.4, 0.5) is 5.82 Å². The maximum Gasteiger partial charge on any atom is 0.323 e. The molecule has 0 unspecified atom stereocenters. The Morgan fingerprint density at radius 2 is 2.46 bits per heavy atom. The van der Waals surface area contributed by atoms with Crippen LogP contribution < -0.4 is 4.90 Å². The third-order valence-corrected chi connectivity index (χ3v) is 1.96. The van der Waals surface area contributed by atoms with Crippen molar-refractivity contribution in [3.05, 3.63) is 22.8 Å². The van der Waals surface area contributed by atoms with Crippen LogP contribution in [0.2, 0.25) is 0 Å². The minimum atomic E-state index is -0.871. The van der Waals surface area contributed by atoms with E-state index >= 15 is 0 Å². The van der Waals surface area contributed by atoms with E-state index in [4.69, 9.17) is 5.11 Å². The van der Waals surface area contributed by atoms with Gasteiger partial charge in [0.15, 0.2) is 0 Å². The Hall–Kier alpha value is -1.10. The molecule has 0 spiro atoms. The Morgan fingerprint density at radius 1 is 1.77 bits per heavy atom. The van der Waals surface area contributed by atoms with Gasteiger partial charge in [0.05, 0.1) is 0 Å². The Kier molecular flexibility index (Phi) is 3.25. The molecule has 0 amide bonds. The number of aromatic nitrogens is 1. The Morgan fingerprint density at radius 3 is 3.00 bits per heavy atom. The molecule has 0 fully saturated rings. The number of hydrogen-bond acceptors (Lipinski definition) is 3. The van der Waals surface area contributed by atoms with Crippen LogP contribution in [0.1, 0.15) is 0 Å². The molecule has 0 aliphatic carbocycles. The van der Waals surface area contributed by atoms with Gasteiger partial charge in [-0.25, -0.2) is 4.98 Å². The van der Waals surface area contributed by atoms with E-state index in [1.54, 1.807) is 30.3 Å². The fourth-order valence-corrected chi connectivity index (χ4v) is 1.21. The Balaban J connectivity index is 2.76. The maximum atomic E-state index is 10.4. The van der Waals surface area contributed by atoms with Crippen LogP contribution in [0.15, 0.2) is 22.8 Å². The van der Waals surface area contributed by atoms with E-state index < -0.39 is 5.97 Å². The molecule has 1 aromatic heterocycles. The van der Waals surface area contributed by atoms with Gasteiger partial charge in [-0.3, -0.25) is 4.79 Å². The second kappa shape index (κ2) is 4.23. The van der Waals surface area contributed by atoms with Crippen LogP contribution in [0.25, 0.3) is 0 Å². The summed E-state index contributed by atoms with van der Waals surface area (Å²) in [5, 5.41) is 8.53. The first kappa shape index (κ1) is 9.98. The van der Waals surface area contributed by atoms with E-state index in [9.17, 15) is 4.79 Å². The van der Waals surface area contributed by atoms with Crippen molar-refractivity contribution < 1.29 is 9.90 Å². The highest BCUT2D eigenvalue weighted by Gasteiger charge is 2.06. The van der Waals surface area contributed by atoms with Gasteiger partial charge in [0.2, 0.25) is 0 Å². The summed E-state index contributed by atoms with van der Waals surface area (Å²) in [5.41, 5.74) is 0. The summed E-state index contributed by atoms with van der Waals surface area (Å²) in [5.74, 6) is -0.235. The van der Waals surface area contributed by atoms with Crippen molar-refractivity contribution in [2.24, 2.45) is 0 Å². The number of carboxylic acids is 1. The molecule has 0 atom stereocenters. The SMILES string of the molecule is CN(CC(=O)O)c1cc(Br)ccn1. The first-order valence-corrected chi connectivity index (χ1v) is 4.43. The van der Waals surface area contributed by atoms with Gasteiger partial charge in [-0.15, -0.1) is 0 Å². The number of anilines is 1. The molecule has 1 rings (SSSR count). The van der Waals surface area contributed by atoms with Gasteiger partial charge < -0.3 is 10.0 Å². The molecule has 70 valence electrons. The molecule has 1 aromatic rings. The van der Waals surface area contributed by atoms with Crippen molar-refractivity contribution in [2.75, 3.05) is 18.5 Å². The molecule has 0 aromatic carbocycles.